The van der Waals surface area contributed by atoms with Gasteiger partial charge in [0.2, 0.25) is 0 Å². The summed E-state index contributed by atoms with van der Waals surface area (Å²) in [7, 11) is 0. The van der Waals surface area contributed by atoms with Crippen LogP contribution in [0.1, 0.15) is 46.5 Å². The minimum absolute atomic E-state index is 0.368. The molecule has 0 radical (unpaired) electrons. The van der Waals surface area contributed by atoms with Crippen LogP contribution in [0.4, 0.5) is 0 Å². The van der Waals surface area contributed by atoms with Crippen molar-refractivity contribution in [1.82, 2.24) is 5.32 Å². The van der Waals surface area contributed by atoms with Crippen LogP contribution in [-0.4, -0.2) is 25.3 Å². The molecule has 0 aliphatic heterocycles. The summed E-state index contributed by atoms with van der Waals surface area (Å²) in [5.74, 6) is 0.996. The molecule has 0 bridgehead atoms. The van der Waals surface area contributed by atoms with E-state index in [0.717, 1.165) is 30.5 Å². The first kappa shape index (κ1) is 11.4. The molecule has 2 nitrogen and oxygen atoms in total. The van der Waals surface area contributed by atoms with Crippen LogP contribution in [0.25, 0.3) is 0 Å². The number of hydrogen-bond donors (Lipinski definition) is 1. The Labute approximate surface area is 93.8 Å². The zero-order chi connectivity index (χ0) is 10.9. The van der Waals surface area contributed by atoms with Crippen molar-refractivity contribution in [3.05, 3.63) is 0 Å². The fraction of sp³-hybridized carbons (Fsp3) is 1.00. The van der Waals surface area contributed by atoms with E-state index in [9.17, 15) is 0 Å². The summed E-state index contributed by atoms with van der Waals surface area (Å²) < 4.78 is 5.51. The lowest BCUT2D eigenvalue weighted by atomic mass is 9.50. The molecular weight excluding hydrogens is 186 g/mol. The molecule has 0 amide bonds. The first-order chi connectivity index (χ1) is 7.10. The SMILES string of the molecule is CC1CC2(C1)CC(NCCOC(C)C)C2. The van der Waals surface area contributed by atoms with Gasteiger partial charge in [0.15, 0.2) is 0 Å². The Morgan fingerprint density at radius 3 is 2.47 bits per heavy atom. The molecule has 2 rings (SSSR count). The maximum absolute atomic E-state index is 5.51. The van der Waals surface area contributed by atoms with Gasteiger partial charge < -0.3 is 10.1 Å². The fourth-order valence-electron chi connectivity index (χ4n) is 3.44. The predicted octanol–water partition coefficient (Wildman–Crippen LogP) is 2.58. The molecule has 0 heterocycles. The fourth-order valence-corrected chi connectivity index (χ4v) is 3.44. The van der Waals surface area contributed by atoms with Crippen LogP contribution < -0.4 is 5.32 Å². The van der Waals surface area contributed by atoms with E-state index in [4.69, 9.17) is 4.74 Å². The Morgan fingerprint density at radius 1 is 1.27 bits per heavy atom. The van der Waals surface area contributed by atoms with Gasteiger partial charge in [-0.15, -0.1) is 0 Å². The summed E-state index contributed by atoms with van der Waals surface area (Å²) >= 11 is 0. The van der Waals surface area contributed by atoms with Crippen LogP contribution in [0.3, 0.4) is 0 Å². The molecule has 2 heteroatoms. The molecule has 0 aromatic heterocycles. The van der Waals surface area contributed by atoms with Gasteiger partial charge in [0, 0.05) is 12.6 Å². The number of rotatable bonds is 5. The van der Waals surface area contributed by atoms with E-state index in [-0.39, 0.29) is 0 Å². The van der Waals surface area contributed by atoms with Crippen LogP contribution in [-0.2, 0) is 4.74 Å². The summed E-state index contributed by atoms with van der Waals surface area (Å²) in [6, 6.07) is 0.785. The van der Waals surface area contributed by atoms with E-state index in [1.54, 1.807) is 0 Å². The van der Waals surface area contributed by atoms with Crippen molar-refractivity contribution in [1.29, 1.82) is 0 Å². The Hall–Kier alpha value is -0.0800. The minimum Gasteiger partial charge on any atom is -0.377 e. The average Bonchev–Trinajstić information content (AvgIpc) is 2.04. The normalized spacial score (nSPS) is 39.2. The van der Waals surface area contributed by atoms with Gasteiger partial charge in [0.25, 0.3) is 0 Å². The molecule has 0 aromatic carbocycles. The van der Waals surface area contributed by atoms with Crippen LogP contribution >= 0.6 is 0 Å². The quantitative estimate of drug-likeness (QED) is 0.706. The van der Waals surface area contributed by atoms with Crippen LogP contribution in [0.15, 0.2) is 0 Å². The lowest BCUT2D eigenvalue weighted by molar-refractivity contribution is -0.0444. The van der Waals surface area contributed by atoms with Crippen molar-refractivity contribution >= 4 is 0 Å². The van der Waals surface area contributed by atoms with Crippen molar-refractivity contribution in [2.45, 2.75) is 58.6 Å². The minimum atomic E-state index is 0.368. The Bertz CT molecular complexity index is 201. The van der Waals surface area contributed by atoms with Crippen LogP contribution in [0.5, 0.6) is 0 Å². The van der Waals surface area contributed by atoms with Gasteiger partial charge in [0.1, 0.15) is 0 Å². The maximum atomic E-state index is 5.51. The second kappa shape index (κ2) is 4.42. The van der Waals surface area contributed by atoms with Crippen molar-refractivity contribution in [3.8, 4) is 0 Å². The molecule has 0 saturated heterocycles. The van der Waals surface area contributed by atoms with Gasteiger partial charge >= 0.3 is 0 Å². The predicted molar refractivity (Wildman–Crippen MR) is 62.9 cm³/mol. The van der Waals surface area contributed by atoms with Gasteiger partial charge in [-0.3, -0.25) is 0 Å². The average molecular weight is 211 g/mol. The third-order valence-corrected chi connectivity index (χ3v) is 3.91. The van der Waals surface area contributed by atoms with E-state index in [0.29, 0.717) is 6.10 Å². The molecule has 0 unspecified atom stereocenters. The van der Waals surface area contributed by atoms with E-state index in [1.807, 2.05) is 0 Å². The highest BCUT2D eigenvalue weighted by molar-refractivity contribution is 5.04. The van der Waals surface area contributed by atoms with Crippen LogP contribution in [0.2, 0.25) is 0 Å². The highest BCUT2D eigenvalue weighted by atomic mass is 16.5. The summed E-state index contributed by atoms with van der Waals surface area (Å²) in [5, 5.41) is 3.59. The molecule has 15 heavy (non-hydrogen) atoms. The number of nitrogens with one attached hydrogen (secondary N) is 1. The summed E-state index contributed by atoms with van der Waals surface area (Å²) in [5.41, 5.74) is 0.774. The Balaban J connectivity index is 1.49. The Morgan fingerprint density at radius 2 is 1.93 bits per heavy atom. The largest absolute Gasteiger partial charge is 0.377 e. The van der Waals surface area contributed by atoms with Crippen molar-refractivity contribution in [3.63, 3.8) is 0 Å². The van der Waals surface area contributed by atoms with Gasteiger partial charge in [-0.05, 0) is 50.9 Å². The van der Waals surface area contributed by atoms with Gasteiger partial charge in [0.05, 0.1) is 12.7 Å². The van der Waals surface area contributed by atoms with Gasteiger partial charge in [-0.1, -0.05) is 6.92 Å². The number of ether oxygens (including phenoxy) is 1. The first-order valence-electron chi connectivity index (χ1n) is 6.45. The monoisotopic (exact) mass is 211 g/mol. The molecule has 2 aliphatic carbocycles. The Kier molecular flexibility index (Phi) is 3.36. The van der Waals surface area contributed by atoms with Crippen molar-refractivity contribution in [2.75, 3.05) is 13.2 Å². The molecule has 1 spiro atoms. The van der Waals surface area contributed by atoms with Crippen molar-refractivity contribution in [2.24, 2.45) is 11.3 Å². The molecular formula is C13H25NO. The standard InChI is InChI=1S/C13H25NO/c1-10(2)15-5-4-14-12-8-13(9-12)6-11(3)7-13/h10-12,14H,4-9H2,1-3H3. The van der Waals surface area contributed by atoms with Gasteiger partial charge in [-0.25, -0.2) is 0 Å². The van der Waals surface area contributed by atoms with Crippen molar-refractivity contribution < 1.29 is 4.74 Å². The third-order valence-electron chi connectivity index (χ3n) is 3.91. The lowest BCUT2D eigenvalue weighted by Crippen LogP contribution is -2.55. The second-order valence-corrected chi connectivity index (χ2v) is 5.99. The number of hydrogen-bond acceptors (Lipinski definition) is 2. The zero-order valence-electron chi connectivity index (χ0n) is 10.4. The first-order valence-corrected chi connectivity index (χ1v) is 6.45. The summed E-state index contributed by atoms with van der Waals surface area (Å²) in [4.78, 5) is 0. The molecule has 2 aliphatic rings. The van der Waals surface area contributed by atoms with E-state index in [1.165, 1.54) is 25.7 Å². The highest BCUT2D eigenvalue weighted by Crippen LogP contribution is 2.58. The third kappa shape index (κ3) is 2.73. The van der Waals surface area contributed by atoms with E-state index >= 15 is 0 Å². The topological polar surface area (TPSA) is 21.3 Å². The summed E-state index contributed by atoms with van der Waals surface area (Å²) in [6.07, 6.45) is 6.16. The lowest BCUT2D eigenvalue weighted by Gasteiger charge is -2.57. The molecule has 88 valence electrons. The molecule has 1 N–H and O–H groups in total. The maximum Gasteiger partial charge on any atom is 0.0594 e. The van der Waals surface area contributed by atoms with Gasteiger partial charge in [-0.2, -0.15) is 0 Å². The van der Waals surface area contributed by atoms with E-state index < -0.39 is 0 Å². The molecule has 0 atom stereocenters. The molecule has 0 aromatic rings. The van der Waals surface area contributed by atoms with E-state index in [2.05, 4.69) is 26.1 Å². The van der Waals surface area contributed by atoms with Crippen LogP contribution in [0, 0.1) is 11.3 Å². The smallest absolute Gasteiger partial charge is 0.0594 e. The summed E-state index contributed by atoms with van der Waals surface area (Å²) in [6.45, 7) is 8.44. The molecule has 2 saturated carbocycles. The second-order valence-electron chi connectivity index (χ2n) is 5.99. The zero-order valence-corrected chi connectivity index (χ0v) is 10.4. The molecule has 2 fully saturated rings. The highest BCUT2D eigenvalue weighted by Gasteiger charge is 2.50.